The lowest BCUT2D eigenvalue weighted by Gasteiger charge is -2.37. The van der Waals surface area contributed by atoms with Crippen LogP contribution in [-0.2, 0) is 28.2 Å². The Hall–Kier alpha value is -6.42. The molecule has 15 heteroatoms. The zero-order valence-corrected chi connectivity index (χ0v) is 35.7. The Morgan fingerprint density at radius 1 is 0.951 bits per heavy atom. The molecule has 0 aliphatic carbocycles. The van der Waals surface area contributed by atoms with Crippen molar-refractivity contribution in [3.8, 4) is 17.2 Å². The van der Waals surface area contributed by atoms with Crippen LogP contribution in [0.3, 0.4) is 0 Å². The number of ether oxygens (including phenoxy) is 3. The molecule has 314 valence electrons. The van der Waals surface area contributed by atoms with Gasteiger partial charge in [-0.25, -0.2) is 0 Å². The lowest BCUT2D eigenvalue weighted by molar-refractivity contribution is -0.385. The number of pyridine rings is 1. The van der Waals surface area contributed by atoms with Crippen molar-refractivity contribution in [3.63, 3.8) is 0 Å². The molecule has 0 saturated carbocycles. The van der Waals surface area contributed by atoms with E-state index >= 15 is 4.79 Å². The average molecular weight is 841 g/mol. The van der Waals surface area contributed by atoms with Crippen LogP contribution in [-0.4, -0.2) is 70.5 Å². The van der Waals surface area contributed by atoms with E-state index in [1.807, 2.05) is 79.9 Å². The third-order valence-electron chi connectivity index (χ3n) is 12.7. The summed E-state index contributed by atoms with van der Waals surface area (Å²) >= 11 is 0. The summed E-state index contributed by atoms with van der Waals surface area (Å²) < 4.78 is 21.2. The molecule has 61 heavy (non-hydrogen) atoms. The number of anilines is 1. The molecule has 0 radical (unpaired) electrons. The van der Waals surface area contributed by atoms with Crippen LogP contribution in [0.25, 0.3) is 5.69 Å². The molecule has 6 aromatic rings. The second-order valence-electron chi connectivity index (χ2n) is 16.3. The number of aliphatic hydroxyl groups is 1. The number of carbonyl (C=O) groups is 1. The van der Waals surface area contributed by atoms with Crippen LogP contribution in [0.1, 0.15) is 41.6 Å². The maximum Gasteiger partial charge on any atom is 0.297 e. The second kappa shape index (κ2) is 16.6. The summed E-state index contributed by atoms with van der Waals surface area (Å²) in [6, 6.07) is 33.0. The molecule has 14 nitrogen and oxygen atoms in total. The average Bonchev–Trinajstić information content (AvgIpc) is 3.93. The molecule has 5 atom stereocenters. The predicted octanol–water partition coefficient (Wildman–Crippen LogP) is 6.33. The molecular formula is C46H48N6O8Si. The molecule has 2 aliphatic rings. The normalized spacial score (nSPS) is 20.2. The van der Waals surface area contributed by atoms with Gasteiger partial charge in [0.25, 0.3) is 17.2 Å². The lowest BCUT2D eigenvalue weighted by atomic mass is 9.82. The molecule has 1 unspecified atom stereocenters. The van der Waals surface area contributed by atoms with Crippen molar-refractivity contribution in [3.05, 3.63) is 164 Å². The molecule has 0 bridgehead atoms. The van der Waals surface area contributed by atoms with E-state index in [1.54, 1.807) is 41.1 Å². The van der Waals surface area contributed by atoms with E-state index in [9.17, 15) is 20.0 Å². The van der Waals surface area contributed by atoms with E-state index in [0.29, 0.717) is 35.6 Å². The molecule has 4 aromatic carbocycles. The smallest absolute Gasteiger partial charge is 0.297 e. The molecule has 2 aliphatic heterocycles. The van der Waals surface area contributed by atoms with Crippen molar-refractivity contribution in [2.24, 2.45) is 5.92 Å². The molecular weight excluding hydrogens is 793 g/mol. The number of methoxy groups -OCH3 is 2. The number of aryl methyl sites for hydroxylation is 1. The van der Waals surface area contributed by atoms with Gasteiger partial charge in [-0.1, -0.05) is 85.0 Å². The van der Waals surface area contributed by atoms with Crippen LogP contribution < -0.4 is 25.1 Å². The highest BCUT2D eigenvalue weighted by atomic mass is 28.3. The Labute approximate surface area is 354 Å². The Bertz CT molecular complexity index is 2620. The molecule has 8 rings (SSSR count). The fraction of sp³-hybridized carbons (Fsp3) is 0.304. The van der Waals surface area contributed by atoms with E-state index in [4.69, 9.17) is 14.2 Å². The predicted molar refractivity (Wildman–Crippen MR) is 232 cm³/mol. The number of benzene rings is 4. The first-order chi connectivity index (χ1) is 29.4. The first-order valence-corrected chi connectivity index (χ1v) is 23.3. The minimum Gasteiger partial charge on any atom is -0.497 e. The number of hydrogen-bond acceptors (Lipinski definition) is 10. The molecule has 1 saturated heterocycles. The highest BCUT2D eigenvalue weighted by molar-refractivity contribution is 6.91. The number of fused-ring (bicyclic) bond motifs is 2. The fourth-order valence-electron chi connectivity index (χ4n) is 9.52. The maximum atomic E-state index is 15.4. The highest BCUT2D eigenvalue weighted by Gasteiger charge is 2.66. The molecule has 4 heterocycles. The van der Waals surface area contributed by atoms with Crippen LogP contribution in [0.4, 0.5) is 11.4 Å². The first kappa shape index (κ1) is 41.3. The number of carbonyl (C=O) groups excluding carboxylic acids is 1. The zero-order valence-electron chi connectivity index (χ0n) is 34.7. The summed E-state index contributed by atoms with van der Waals surface area (Å²) in [5.41, 5.74) is 1.94. The Morgan fingerprint density at radius 2 is 1.69 bits per heavy atom. The first-order valence-electron chi connectivity index (χ1n) is 20.2. The van der Waals surface area contributed by atoms with E-state index in [1.165, 1.54) is 23.8 Å². The van der Waals surface area contributed by atoms with E-state index in [2.05, 4.69) is 35.5 Å². The number of non-ortho nitro benzene ring substituents is 1. The third kappa shape index (κ3) is 7.32. The SMILES string of the molecule is COc1ccc([Si](C)(C)[C@@H]2[C@@H](CCn3cc(C(CO)c4ccccc4)nn3)O[C@]3(C(=O)N(Cc4ccc(-n5cccc(OC)c5=O)cc4)c4ccc([N+](=O)[O-])cc43)[C@H]2C)cc1. The van der Waals surface area contributed by atoms with Gasteiger partial charge in [0.1, 0.15) is 5.75 Å². The lowest BCUT2D eigenvalue weighted by Crippen LogP contribution is -2.51. The molecule has 1 spiro atoms. The quantitative estimate of drug-likeness (QED) is 0.0745. The van der Waals surface area contributed by atoms with Gasteiger partial charge in [-0.15, -0.1) is 5.10 Å². The molecule has 1 amide bonds. The van der Waals surface area contributed by atoms with Crippen LogP contribution in [0.5, 0.6) is 11.5 Å². The van der Waals surface area contributed by atoms with Gasteiger partial charge in [-0.3, -0.25) is 29.0 Å². The molecule has 2 aromatic heterocycles. The summed E-state index contributed by atoms with van der Waals surface area (Å²) in [6.07, 6.45) is 3.53. The van der Waals surface area contributed by atoms with Gasteiger partial charge in [0.2, 0.25) is 0 Å². The minimum atomic E-state index is -2.54. The zero-order chi connectivity index (χ0) is 43.1. The van der Waals surface area contributed by atoms with Crippen LogP contribution >= 0.6 is 0 Å². The number of aromatic nitrogens is 4. The number of hydrogen-bond donors (Lipinski definition) is 1. The van der Waals surface area contributed by atoms with Gasteiger partial charge < -0.3 is 24.2 Å². The van der Waals surface area contributed by atoms with Crippen molar-refractivity contribution in [2.75, 3.05) is 25.7 Å². The second-order valence-corrected chi connectivity index (χ2v) is 21.0. The fourth-order valence-corrected chi connectivity index (χ4v) is 13.6. The van der Waals surface area contributed by atoms with Gasteiger partial charge >= 0.3 is 0 Å². The summed E-state index contributed by atoms with van der Waals surface area (Å²) in [4.78, 5) is 41.9. The largest absolute Gasteiger partial charge is 0.497 e. The third-order valence-corrected chi connectivity index (χ3v) is 17.0. The van der Waals surface area contributed by atoms with Crippen molar-refractivity contribution in [1.29, 1.82) is 0 Å². The highest BCUT2D eigenvalue weighted by Crippen LogP contribution is 2.60. The van der Waals surface area contributed by atoms with Crippen LogP contribution in [0.2, 0.25) is 18.6 Å². The maximum absolute atomic E-state index is 15.4. The number of nitrogens with zero attached hydrogens (tertiary/aromatic N) is 6. The van der Waals surface area contributed by atoms with Crippen molar-refractivity contribution in [2.45, 2.75) is 62.7 Å². The number of aliphatic hydroxyl groups excluding tert-OH is 1. The van der Waals surface area contributed by atoms with Gasteiger partial charge in [-0.2, -0.15) is 0 Å². The molecule has 1 fully saturated rings. The summed E-state index contributed by atoms with van der Waals surface area (Å²) in [5, 5.41) is 32.7. The summed E-state index contributed by atoms with van der Waals surface area (Å²) in [5.74, 6) is -0.0691. The van der Waals surface area contributed by atoms with Crippen molar-refractivity contribution in [1.82, 2.24) is 19.6 Å². The number of amides is 1. The number of nitro benzene ring substituents is 1. The van der Waals surface area contributed by atoms with Gasteiger partial charge in [-0.05, 0) is 65.6 Å². The Morgan fingerprint density at radius 3 is 2.36 bits per heavy atom. The van der Waals surface area contributed by atoms with Gasteiger partial charge in [0, 0.05) is 48.2 Å². The van der Waals surface area contributed by atoms with E-state index < -0.39 is 30.6 Å². The van der Waals surface area contributed by atoms with E-state index in [-0.39, 0.29) is 47.5 Å². The summed E-state index contributed by atoms with van der Waals surface area (Å²) in [7, 11) is 0.546. The number of nitro groups is 1. The standard InChI is InChI=1S/C46H48N6O8Si/c1-30-43(61(4,5)36-20-18-35(58-2)19-21-36)41(23-25-49-28-39(47-48-49)37(29-53)32-10-7-6-8-11-32)60-46(30)38-26-34(52(56)57)17-22-40(38)51(45(46)55)27-31-13-15-33(16-14-31)50-24-9-12-42(59-3)44(50)54/h6-22,24,26,28,30,37,41,43,53H,23,25,27,29H2,1-5H3/t30-,37?,41+,43-,46+/m0/s1. The Kier molecular flexibility index (Phi) is 11.2. The number of rotatable bonds is 14. The van der Waals surface area contributed by atoms with Gasteiger partial charge in [0.05, 0.1) is 63.8 Å². The van der Waals surface area contributed by atoms with Gasteiger partial charge in [0.15, 0.2) is 11.4 Å². The van der Waals surface area contributed by atoms with E-state index in [0.717, 1.165) is 22.1 Å². The van der Waals surface area contributed by atoms with Crippen LogP contribution in [0.15, 0.2) is 126 Å². The monoisotopic (exact) mass is 840 g/mol. The minimum absolute atomic E-state index is 0.129. The van der Waals surface area contributed by atoms with Crippen LogP contribution in [0, 0.1) is 16.0 Å². The van der Waals surface area contributed by atoms with Crippen molar-refractivity contribution >= 4 is 30.5 Å². The van der Waals surface area contributed by atoms with Crippen molar-refractivity contribution < 1.29 is 29.0 Å². The Balaban J connectivity index is 1.16. The summed E-state index contributed by atoms with van der Waals surface area (Å²) in [6.45, 7) is 7.07. The topological polar surface area (TPSA) is 164 Å². The molecule has 1 N–H and O–H groups in total.